The Morgan fingerprint density at radius 2 is 1.74 bits per heavy atom. The fourth-order valence-corrected chi connectivity index (χ4v) is 3.80. The van der Waals surface area contributed by atoms with Gasteiger partial charge in [-0.2, -0.15) is 0 Å². The van der Waals surface area contributed by atoms with Crippen LogP contribution in [0.4, 0.5) is 5.69 Å². The van der Waals surface area contributed by atoms with Crippen LogP contribution in [0, 0.1) is 0 Å². The molecule has 0 unspecified atom stereocenters. The highest BCUT2D eigenvalue weighted by atomic mass is 35.5. The number of carbonyl (C=O) groups excluding carboxylic acids is 1. The monoisotopic (exact) mass is 381 g/mol. The molecule has 5 nitrogen and oxygen atoms in total. The van der Waals surface area contributed by atoms with Crippen molar-refractivity contribution in [2.24, 2.45) is 0 Å². The van der Waals surface area contributed by atoms with Gasteiger partial charge in [-0.1, -0.05) is 41.9 Å². The molecule has 0 bridgehead atoms. The maximum atomic E-state index is 13.0. The number of nitrogens with one attached hydrogen (secondary N) is 1. The number of hydrogen-bond acceptors (Lipinski definition) is 3. The van der Waals surface area contributed by atoms with E-state index in [-0.39, 0.29) is 17.0 Å². The third-order valence-corrected chi connectivity index (χ3v) is 5.28. The molecule has 1 fully saturated rings. The van der Waals surface area contributed by atoms with Gasteiger partial charge in [0.25, 0.3) is 11.5 Å². The number of fused-ring (bicyclic) bond motifs is 1. The van der Waals surface area contributed by atoms with Crippen LogP contribution in [-0.2, 0) is 0 Å². The summed E-state index contributed by atoms with van der Waals surface area (Å²) in [5, 5.41) is 1.57. The van der Waals surface area contributed by atoms with Crippen LogP contribution in [0.5, 0.6) is 0 Å². The molecule has 0 saturated carbocycles. The van der Waals surface area contributed by atoms with Crippen LogP contribution in [0.15, 0.2) is 59.4 Å². The summed E-state index contributed by atoms with van der Waals surface area (Å²) >= 11 is 6.31. The van der Waals surface area contributed by atoms with Crippen molar-refractivity contribution in [2.45, 2.75) is 6.42 Å². The zero-order valence-corrected chi connectivity index (χ0v) is 15.6. The molecule has 6 heteroatoms. The molecule has 3 aromatic rings. The average molecular weight is 382 g/mol. The van der Waals surface area contributed by atoms with Crippen LogP contribution >= 0.6 is 11.6 Å². The molecule has 0 radical (unpaired) electrons. The number of hydrogen-bond donors (Lipinski definition) is 1. The fourth-order valence-electron chi connectivity index (χ4n) is 3.55. The molecule has 0 aliphatic carbocycles. The van der Waals surface area contributed by atoms with Crippen molar-refractivity contribution < 1.29 is 4.79 Å². The van der Waals surface area contributed by atoms with E-state index in [4.69, 9.17) is 11.6 Å². The lowest BCUT2D eigenvalue weighted by molar-refractivity contribution is 0.0765. The van der Waals surface area contributed by atoms with E-state index < -0.39 is 0 Å². The predicted molar refractivity (Wildman–Crippen MR) is 109 cm³/mol. The summed E-state index contributed by atoms with van der Waals surface area (Å²) in [7, 11) is 0. The van der Waals surface area contributed by atoms with E-state index in [9.17, 15) is 9.59 Å². The minimum atomic E-state index is -0.342. The normalized spacial score (nSPS) is 15.0. The standard InChI is InChI=1S/C21H20ClN3O2/c22-17-7-2-4-9-19(17)24-10-5-11-25(13-12-24)21(27)16-14-15-6-1-3-8-18(15)23-20(16)26/h1-4,6-9,14H,5,10-13H2,(H,23,26). The highest BCUT2D eigenvalue weighted by Gasteiger charge is 2.23. The average Bonchev–Trinajstić information content (AvgIpc) is 2.93. The summed E-state index contributed by atoms with van der Waals surface area (Å²) in [6.45, 7) is 2.67. The van der Waals surface area contributed by atoms with Crippen molar-refractivity contribution in [2.75, 3.05) is 31.1 Å². The van der Waals surface area contributed by atoms with Crippen LogP contribution in [0.3, 0.4) is 0 Å². The molecule has 2 heterocycles. The first kappa shape index (κ1) is 17.6. The molecule has 1 saturated heterocycles. The number of pyridine rings is 1. The van der Waals surface area contributed by atoms with Crippen LogP contribution < -0.4 is 10.5 Å². The van der Waals surface area contributed by atoms with E-state index in [2.05, 4.69) is 9.88 Å². The van der Waals surface area contributed by atoms with Crippen LogP contribution in [0.1, 0.15) is 16.8 Å². The Hall–Kier alpha value is -2.79. The Morgan fingerprint density at radius 3 is 2.59 bits per heavy atom. The number of amides is 1. The molecule has 1 N–H and O–H groups in total. The van der Waals surface area contributed by atoms with Crippen molar-refractivity contribution >= 4 is 34.1 Å². The van der Waals surface area contributed by atoms with Crippen molar-refractivity contribution in [1.82, 2.24) is 9.88 Å². The number of benzene rings is 2. The van der Waals surface area contributed by atoms with Gasteiger partial charge in [0.15, 0.2) is 0 Å². The minimum absolute atomic E-state index is 0.194. The molecule has 27 heavy (non-hydrogen) atoms. The van der Waals surface area contributed by atoms with Crippen LogP contribution in [0.25, 0.3) is 10.9 Å². The molecule has 0 spiro atoms. The van der Waals surface area contributed by atoms with Gasteiger partial charge >= 0.3 is 0 Å². The molecule has 2 aromatic carbocycles. The van der Waals surface area contributed by atoms with Gasteiger partial charge in [0.05, 0.1) is 10.7 Å². The highest BCUT2D eigenvalue weighted by Crippen LogP contribution is 2.26. The van der Waals surface area contributed by atoms with E-state index in [0.29, 0.717) is 24.7 Å². The second kappa shape index (κ2) is 7.45. The smallest absolute Gasteiger partial charge is 0.261 e. The van der Waals surface area contributed by atoms with Crippen molar-refractivity contribution in [1.29, 1.82) is 0 Å². The van der Waals surface area contributed by atoms with Gasteiger partial charge in [-0.05, 0) is 36.1 Å². The first-order valence-corrected chi connectivity index (χ1v) is 9.42. The Kier molecular flexibility index (Phi) is 4.86. The lowest BCUT2D eigenvalue weighted by Crippen LogP contribution is -2.37. The van der Waals surface area contributed by atoms with E-state index in [1.54, 1.807) is 11.0 Å². The molecule has 138 valence electrons. The molecule has 4 rings (SSSR count). The number of aromatic nitrogens is 1. The number of halogens is 1. The number of aromatic amines is 1. The van der Waals surface area contributed by atoms with Gasteiger partial charge < -0.3 is 14.8 Å². The summed E-state index contributed by atoms with van der Waals surface area (Å²) in [6.07, 6.45) is 0.822. The molecule has 1 aliphatic heterocycles. The second-order valence-electron chi connectivity index (χ2n) is 6.68. The van der Waals surface area contributed by atoms with Crippen LogP contribution in [0.2, 0.25) is 5.02 Å². The first-order valence-electron chi connectivity index (χ1n) is 9.04. The molecular formula is C21H20ClN3O2. The van der Waals surface area contributed by atoms with E-state index in [1.165, 1.54) is 0 Å². The maximum absolute atomic E-state index is 13.0. The van der Waals surface area contributed by atoms with E-state index in [1.807, 2.05) is 48.5 Å². The fraction of sp³-hybridized carbons (Fsp3) is 0.238. The van der Waals surface area contributed by atoms with Crippen molar-refractivity contribution in [3.63, 3.8) is 0 Å². The maximum Gasteiger partial charge on any atom is 0.261 e. The van der Waals surface area contributed by atoms with Crippen molar-refractivity contribution in [3.05, 3.63) is 75.5 Å². The third kappa shape index (κ3) is 3.55. The molecular weight excluding hydrogens is 362 g/mol. The van der Waals surface area contributed by atoms with Gasteiger partial charge in [0.2, 0.25) is 0 Å². The van der Waals surface area contributed by atoms with Gasteiger partial charge in [-0.25, -0.2) is 0 Å². The van der Waals surface area contributed by atoms with E-state index in [0.717, 1.165) is 29.6 Å². The first-order chi connectivity index (χ1) is 13.1. The molecule has 1 amide bonds. The Balaban J connectivity index is 1.56. The number of H-pyrrole nitrogens is 1. The summed E-state index contributed by atoms with van der Waals surface area (Å²) in [5.74, 6) is -0.219. The summed E-state index contributed by atoms with van der Waals surface area (Å²) in [4.78, 5) is 32.2. The lowest BCUT2D eigenvalue weighted by Gasteiger charge is -2.24. The molecule has 0 atom stereocenters. The molecule has 1 aliphatic rings. The third-order valence-electron chi connectivity index (χ3n) is 4.96. The van der Waals surface area contributed by atoms with Crippen LogP contribution in [-0.4, -0.2) is 42.0 Å². The highest BCUT2D eigenvalue weighted by molar-refractivity contribution is 6.33. The number of carbonyl (C=O) groups is 1. The van der Waals surface area contributed by atoms with E-state index >= 15 is 0 Å². The zero-order chi connectivity index (χ0) is 18.8. The van der Waals surface area contributed by atoms with Gasteiger partial charge in [0, 0.05) is 31.7 Å². The summed E-state index contributed by atoms with van der Waals surface area (Å²) < 4.78 is 0. The van der Waals surface area contributed by atoms with Gasteiger partial charge in [-0.15, -0.1) is 0 Å². The topological polar surface area (TPSA) is 56.4 Å². The second-order valence-corrected chi connectivity index (χ2v) is 7.09. The predicted octanol–water partition coefficient (Wildman–Crippen LogP) is 3.53. The van der Waals surface area contributed by atoms with Gasteiger partial charge in [-0.3, -0.25) is 9.59 Å². The minimum Gasteiger partial charge on any atom is -0.368 e. The summed E-state index contributed by atoms with van der Waals surface area (Å²) in [6, 6.07) is 16.9. The van der Waals surface area contributed by atoms with Gasteiger partial charge in [0.1, 0.15) is 5.56 Å². The molecule has 1 aromatic heterocycles. The Labute approximate surface area is 162 Å². The largest absolute Gasteiger partial charge is 0.368 e. The summed E-state index contributed by atoms with van der Waals surface area (Å²) in [5.41, 5.74) is 1.57. The number of anilines is 1. The number of nitrogens with zero attached hydrogens (tertiary/aromatic N) is 2. The zero-order valence-electron chi connectivity index (χ0n) is 14.8. The number of para-hydroxylation sites is 2. The lowest BCUT2D eigenvalue weighted by atomic mass is 10.1. The Bertz CT molecular complexity index is 1050. The SMILES string of the molecule is O=C(c1cc2ccccc2[nH]c1=O)N1CCCN(c2ccccc2Cl)CC1. The quantitative estimate of drug-likeness (QED) is 0.738. The number of rotatable bonds is 2. The Morgan fingerprint density at radius 1 is 0.963 bits per heavy atom. The van der Waals surface area contributed by atoms with Crippen molar-refractivity contribution in [3.8, 4) is 0 Å².